The van der Waals surface area contributed by atoms with E-state index in [2.05, 4.69) is 5.32 Å². The lowest BCUT2D eigenvalue weighted by Gasteiger charge is -2.25. The molecule has 168 valence electrons. The van der Waals surface area contributed by atoms with E-state index in [1.165, 1.54) is 6.92 Å². The van der Waals surface area contributed by atoms with Crippen LogP contribution >= 0.6 is 67.8 Å². The van der Waals surface area contributed by atoms with Crippen molar-refractivity contribution in [3.63, 3.8) is 0 Å². The van der Waals surface area contributed by atoms with Gasteiger partial charge in [0.1, 0.15) is 6.10 Å². The van der Waals surface area contributed by atoms with Gasteiger partial charge in [-0.15, -0.1) is 0 Å². The molecular weight excluding hydrogens is 741 g/mol. The highest BCUT2D eigenvalue weighted by Crippen LogP contribution is 2.29. The highest BCUT2D eigenvalue weighted by Gasteiger charge is 2.32. The predicted octanol–water partition coefficient (Wildman–Crippen LogP) is -0.714. The molecule has 13 heteroatoms. The Morgan fingerprint density at radius 3 is 2.03 bits per heavy atom. The zero-order valence-electron chi connectivity index (χ0n) is 15.7. The number of hydrogen-bond donors (Lipinski definition) is 6. The monoisotopic (exact) mass is 762 g/mol. The first-order valence-corrected chi connectivity index (χ1v) is 11.8. The lowest BCUT2D eigenvalue weighted by molar-refractivity contribution is -0.137. The molecule has 6 N–H and O–H groups in total. The Bertz CT molecular complexity index is 806. The summed E-state index contributed by atoms with van der Waals surface area (Å²) in [4.78, 5) is 38.8. The molecule has 0 spiro atoms. The molecule has 10 nitrogen and oxygen atoms in total. The Labute approximate surface area is 213 Å². The van der Waals surface area contributed by atoms with E-state index in [-0.39, 0.29) is 21.2 Å². The fourth-order valence-electron chi connectivity index (χ4n) is 2.26. The molecule has 0 fully saturated rings. The van der Waals surface area contributed by atoms with Crippen LogP contribution < -0.4 is 5.32 Å². The quantitative estimate of drug-likeness (QED) is 0.180. The molecule has 0 radical (unpaired) electrons. The molecule has 3 amide bonds. The SMILES string of the molecule is CC(O)C(=O)N(CC(O)CO)C(=O)c1c(I)cc(I)c(C(=O)NCC(O)CO)c1I. The van der Waals surface area contributed by atoms with Crippen LogP contribution in [-0.4, -0.2) is 92.8 Å². The van der Waals surface area contributed by atoms with E-state index < -0.39 is 55.8 Å². The number of rotatable bonds is 9. The van der Waals surface area contributed by atoms with Gasteiger partial charge in [0, 0.05) is 17.3 Å². The van der Waals surface area contributed by atoms with Crippen molar-refractivity contribution in [1.29, 1.82) is 0 Å². The first-order chi connectivity index (χ1) is 14.0. The van der Waals surface area contributed by atoms with Gasteiger partial charge in [-0.1, -0.05) is 0 Å². The normalized spacial score (nSPS) is 14.0. The van der Waals surface area contributed by atoms with Crippen molar-refractivity contribution in [1.82, 2.24) is 10.2 Å². The van der Waals surface area contributed by atoms with Gasteiger partial charge in [0.25, 0.3) is 17.7 Å². The van der Waals surface area contributed by atoms with Crippen LogP contribution in [0, 0.1) is 10.7 Å². The van der Waals surface area contributed by atoms with Crippen LogP contribution in [0.25, 0.3) is 0 Å². The van der Waals surface area contributed by atoms with Crippen molar-refractivity contribution in [3.05, 3.63) is 27.9 Å². The number of halogens is 3. The Morgan fingerprint density at radius 1 is 1.00 bits per heavy atom. The molecule has 0 aliphatic carbocycles. The number of aliphatic hydroxyl groups is 5. The number of amides is 3. The van der Waals surface area contributed by atoms with Gasteiger partial charge < -0.3 is 30.8 Å². The maximum Gasteiger partial charge on any atom is 0.262 e. The number of carbonyl (C=O) groups is 3. The molecule has 0 aromatic heterocycles. The van der Waals surface area contributed by atoms with E-state index in [4.69, 9.17) is 10.2 Å². The molecular formula is C17H21I3N2O8. The first kappa shape index (κ1) is 27.9. The smallest absolute Gasteiger partial charge is 0.262 e. The van der Waals surface area contributed by atoms with Crippen molar-refractivity contribution >= 4 is 85.5 Å². The predicted molar refractivity (Wildman–Crippen MR) is 131 cm³/mol. The zero-order chi connectivity index (χ0) is 23.2. The first-order valence-electron chi connectivity index (χ1n) is 8.53. The summed E-state index contributed by atoms with van der Waals surface area (Å²) >= 11 is 5.58. The van der Waals surface area contributed by atoms with Crippen molar-refractivity contribution < 1.29 is 39.9 Å². The number of imide groups is 1. The summed E-state index contributed by atoms with van der Waals surface area (Å²) in [6.45, 7) is -0.802. The summed E-state index contributed by atoms with van der Waals surface area (Å²) in [6.07, 6.45) is -4.08. The number of hydrogen-bond acceptors (Lipinski definition) is 8. The number of benzene rings is 1. The zero-order valence-corrected chi connectivity index (χ0v) is 22.2. The van der Waals surface area contributed by atoms with Gasteiger partial charge >= 0.3 is 0 Å². The van der Waals surface area contributed by atoms with Crippen LogP contribution in [0.3, 0.4) is 0 Å². The number of carbonyl (C=O) groups excluding carboxylic acids is 3. The van der Waals surface area contributed by atoms with Crippen LogP contribution in [-0.2, 0) is 4.79 Å². The van der Waals surface area contributed by atoms with E-state index in [9.17, 15) is 29.7 Å². The number of aliphatic hydroxyl groups excluding tert-OH is 5. The summed E-state index contributed by atoms with van der Waals surface area (Å²) in [5.74, 6) is -2.40. The molecule has 1 aromatic carbocycles. The molecule has 30 heavy (non-hydrogen) atoms. The molecule has 1 aromatic rings. The van der Waals surface area contributed by atoms with Gasteiger partial charge in [-0.05, 0) is 80.8 Å². The van der Waals surface area contributed by atoms with Gasteiger partial charge in [-0.3, -0.25) is 19.3 Å². The average Bonchev–Trinajstić information content (AvgIpc) is 2.68. The van der Waals surface area contributed by atoms with Crippen LogP contribution in [0.2, 0.25) is 0 Å². The van der Waals surface area contributed by atoms with E-state index in [0.717, 1.165) is 0 Å². The molecule has 0 aliphatic heterocycles. The van der Waals surface area contributed by atoms with Crippen LogP contribution in [0.1, 0.15) is 27.6 Å². The van der Waals surface area contributed by atoms with E-state index in [1.54, 1.807) is 28.7 Å². The molecule has 0 aliphatic rings. The Morgan fingerprint density at radius 2 is 1.53 bits per heavy atom. The summed E-state index contributed by atoms with van der Waals surface area (Å²) < 4.78 is 1.17. The fraction of sp³-hybridized carbons (Fsp3) is 0.471. The molecule has 3 unspecified atom stereocenters. The topological polar surface area (TPSA) is 168 Å². The lowest BCUT2D eigenvalue weighted by atomic mass is 10.1. The van der Waals surface area contributed by atoms with Crippen LogP contribution in [0.5, 0.6) is 0 Å². The standard InChI is InChI=1S/C17H21I3N2O8/c1-7(25)16(29)22(4-9(27)6-24)17(30)13-11(19)2-10(18)12(14(13)20)15(28)21-3-8(26)5-23/h2,7-9,23-27H,3-6H2,1H3,(H,21,28). The van der Waals surface area contributed by atoms with E-state index >= 15 is 0 Å². The van der Waals surface area contributed by atoms with Crippen molar-refractivity contribution in [2.75, 3.05) is 26.3 Å². The van der Waals surface area contributed by atoms with Gasteiger partial charge in [-0.2, -0.15) is 0 Å². The molecule has 3 atom stereocenters. The fourth-order valence-corrected chi connectivity index (χ4v) is 6.58. The second-order valence-electron chi connectivity index (χ2n) is 6.22. The minimum Gasteiger partial charge on any atom is -0.394 e. The summed E-state index contributed by atoms with van der Waals surface area (Å²) in [7, 11) is 0. The molecule has 1 rings (SSSR count). The minimum atomic E-state index is -1.53. The summed E-state index contributed by atoms with van der Waals surface area (Å²) in [5, 5.41) is 49.2. The number of nitrogens with one attached hydrogen (secondary N) is 1. The minimum absolute atomic E-state index is 0.0172. The molecule has 0 saturated carbocycles. The third kappa shape index (κ3) is 7.17. The summed E-state index contributed by atoms with van der Waals surface area (Å²) in [6, 6.07) is 1.56. The van der Waals surface area contributed by atoms with Gasteiger partial charge in [0.05, 0.1) is 43.1 Å². The Balaban J connectivity index is 3.42. The second-order valence-corrected chi connectivity index (χ2v) is 9.62. The third-order valence-electron chi connectivity index (χ3n) is 3.79. The van der Waals surface area contributed by atoms with Crippen LogP contribution in [0.15, 0.2) is 6.07 Å². The molecule has 0 bridgehead atoms. The second kappa shape index (κ2) is 12.8. The van der Waals surface area contributed by atoms with Gasteiger partial charge in [0.2, 0.25) is 0 Å². The third-order valence-corrected chi connectivity index (χ3v) is 6.57. The summed E-state index contributed by atoms with van der Waals surface area (Å²) in [5.41, 5.74) is 0.154. The maximum atomic E-state index is 13.2. The number of nitrogens with zero attached hydrogens (tertiary/aromatic N) is 1. The van der Waals surface area contributed by atoms with Crippen molar-refractivity contribution in [2.45, 2.75) is 25.2 Å². The highest BCUT2D eigenvalue weighted by molar-refractivity contribution is 14.1. The van der Waals surface area contributed by atoms with Crippen molar-refractivity contribution in [3.8, 4) is 0 Å². The molecule has 0 saturated heterocycles. The van der Waals surface area contributed by atoms with E-state index in [1.807, 2.05) is 45.2 Å². The average molecular weight is 762 g/mol. The van der Waals surface area contributed by atoms with Crippen molar-refractivity contribution in [2.24, 2.45) is 0 Å². The van der Waals surface area contributed by atoms with E-state index in [0.29, 0.717) is 12.0 Å². The maximum absolute atomic E-state index is 13.2. The van der Waals surface area contributed by atoms with Gasteiger partial charge in [-0.25, -0.2) is 0 Å². The van der Waals surface area contributed by atoms with Crippen LogP contribution in [0.4, 0.5) is 0 Å². The molecule has 0 heterocycles. The highest BCUT2D eigenvalue weighted by atomic mass is 127. The van der Waals surface area contributed by atoms with Gasteiger partial charge in [0.15, 0.2) is 0 Å². The Hall–Kier alpha value is -0.180. The largest absolute Gasteiger partial charge is 0.394 e. The lowest BCUT2D eigenvalue weighted by Crippen LogP contribution is -2.47. The Kier molecular flexibility index (Phi) is 11.8.